The van der Waals surface area contributed by atoms with Crippen LogP contribution in [0.5, 0.6) is 0 Å². The van der Waals surface area contributed by atoms with Crippen molar-refractivity contribution >= 4 is 0 Å². The Morgan fingerprint density at radius 3 is 2.22 bits per heavy atom. The van der Waals surface area contributed by atoms with Crippen molar-refractivity contribution in [3.05, 3.63) is 35.9 Å². The first-order valence-electron chi connectivity index (χ1n) is 6.97. The molecule has 1 aliphatic heterocycles. The van der Waals surface area contributed by atoms with Gasteiger partial charge in [-0.3, -0.25) is 4.90 Å². The van der Waals surface area contributed by atoms with Crippen LogP contribution in [0.15, 0.2) is 30.3 Å². The lowest BCUT2D eigenvalue weighted by Gasteiger charge is -2.41. The predicted molar refractivity (Wildman–Crippen MR) is 75.5 cm³/mol. The molecule has 1 saturated heterocycles. The van der Waals surface area contributed by atoms with Crippen LogP contribution in [-0.2, 0) is 0 Å². The third kappa shape index (κ3) is 3.12. The summed E-state index contributed by atoms with van der Waals surface area (Å²) in [7, 11) is 0. The molecule has 0 bridgehead atoms. The molecule has 1 aromatic carbocycles. The zero-order chi connectivity index (χ0) is 13.2. The number of hydrogen-bond donors (Lipinski definition) is 1. The third-order valence-electron chi connectivity index (χ3n) is 4.33. The van der Waals surface area contributed by atoms with E-state index < -0.39 is 0 Å². The second kappa shape index (κ2) is 5.41. The van der Waals surface area contributed by atoms with Gasteiger partial charge in [0.05, 0.1) is 6.10 Å². The Kier molecular flexibility index (Phi) is 4.08. The first-order valence-corrected chi connectivity index (χ1v) is 6.97. The fourth-order valence-corrected chi connectivity index (χ4v) is 2.67. The molecule has 1 aromatic rings. The van der Waals surface area contributed by atoms with Crippen LogP contribution in [-0.4, -0.2) is 29.1 Å². The molecule has 0 aliphatic carbocycles. The van der Waals surface area contributed by atoms with Crippen molar-refractivity contribution in [2.75, 3.05) is 13.1 Å². The molecule has 1 aliphatic rings. The quantitative estimate of drug-likeness (QED) is 0.886. The fraction of sp³-hybridized carbons (Fsp3) is 0.625. The van der Waals surface area contributed by atoms with E-state index in [2.05, 4.69) is 25.7 Å². The number of aliphatic hydroxyl groups excluding tert-OH is 1. The fourth-order valence-electron chi connectivity index (χ4n) is 2.67. The first kappa shape index (κ1) is 13.6. The summed E-state index contributed by atoms with van der Waals surface area (Å²) in [6.45, 7) is 9.00. The summed E-state index contributed by atoms with van der Waals surface area (Å²) in [6.07, 6.45) is 2.06. The van der Waals surface area contributed by atoms with Gasteiger partial charge in [0.2, 0.25) is 0 Å². The van der Waals surface area contributed by atoms with E-state index in [9.17, 15) is 5.11 Å². The number of piperidine rings is 1. The van der Waals surface area contributed by atoms with Gasteiger partial charge in [-0.25, -0.2) is 0 Å². The van der Waals surface area contributed by atoms with E-state index in [-0.39, 0.29) is 12.1 Å². The number of benzene rings is 1. The second-order valence-corrected chi connectivity index (χ2v) is 6.30. The molecule has 0 radical (unpaired) electrons. The van der Waals surface area contributed by atoms with E-state index in [0.29, 0.717) is 5.41 Å². The minimum atomic E-state index is -0.382. The summed E-state index contributed by atoms with van der Waals surface area (Å²) in [5, 5.41) is 10.4. The van der Waals surface area contributed by atoms with Gasteiger partial charge in [-0.15, -0.1) is 0 Å². The zero-order valence-corrected chi connectivity index (χ0v) is 11.8. The molecule has 2 atom stereocenters. The monoisotopic (exact) mass is 247 g/mol. The summed E-state index contributed by atoms with van der Waals surface area (Å²) in [4.78, 5) is 2.42. The molecule has 100 valence electrons. The Morgan fingerprint density at radius 2 is 1.67 bits per heavy atom. The summed E-state index contributed by atoms with van der Waals surface area (Å²) < 4.78 is 0. The Bertz CT molecular complexity index is 364. The lowest BCUT2D eigenvalue weighted by molar-refractivity contribution is 0.0234. The maximum absolute atomic E-state index is 10.4. The topological polar surface area (TPSA) is 23.5 Å². The zero-order valence-electron chi connectivity index (χ0n) is 11.8. The van der Waals surface area contributed by atoms with E-state index in [1.165, 1.54) is 12.8 Å². The molecule has 2 rings (SSSR count). The van der Waals surface area contributed by atoms with Crippen LogP contribution in [0.1, 0.15) is 45.3 Å². The van der Waals surface area contributed by atoms with Gasteiger partial charge in [0.25, 0.3) is 0 Å². The van der Waals surface area contributed by atoms with E-state index in [1.807, 2.05) is 30.3 Å². The average molecular weight is 247 g/mol. The second-order valence-electron chi connectivity index (χ2n) is 6.30. The summed E-state index contributed by atoms with van der Waals surface area (Å²) >= 11 is 0. The molecule has 2 unspecified atom stereocenters. The summed E-state index contributed by atoms with van der Waals surface area (Å²) in [5.74, 6) is 0. The van der Waals surface area contributed by atoms with E-state index in [1.54, 1.807) is 0 Å². The van der Waals surface area contributed by atoms with Crippen LogP contribution in [0.3, 0.4) is 0 Å². The van der Waals surface area contributed by atoms with Gasteiger partial charge in [-0.2, -0.15) is 0 Å². The Morgan fingerprint density at radius 1 is 1.11 bits per heavy atom. The van der Waals surface area contributed by atoms with Crippen LogP contribution in [0.2, 0.25) is 0 Å². The Balaban J connectivity index is 1.98. The minimum Gasteiger partial charge on any atom is -0.387 e. The SMILES string of the molecule is CC(C(O)c1ccccc1)N1CCC(C)(C)CC1. The van der Waals surface area contributed by atoms with Crippen molar-refractivity contribution in [2.24, 2.45) is 5.41 Å². The van der Waals surface area contributed by atoms with E-state index in [0.717, 1.165) is 18.7 Å². The normalized spacial score (nSPS) is 23.6. The van der Waals surface area contributed by atoms with E-state index in [4.69, 9.17) is 0 Å². The largest absolute Gasteiger partial charge is 0.387 e. The Hall–Kier alpha value is -0.860. The third-order valence-corrected chi connectivity index (χ3v) is 4.33. The smallest absolute Gasteiger partial charge is 0.0942 e. The van der Waals surface area contributed by atoms with Crippen molar-refractivity contribution in [1.29, 1.82) is 0 Å². The number of likely N-dealkylation sites (tertiary alicyclic amines) is 1. The van der Waals surface area contributed by atoms with Crippen LogP contribution in [0.25, 0.3) is 0 Å². The van der Waals surface area contributed by atoms with Gasteiger partial charge >= 0.3 is 0 Å². The highest BCUT2D eigenvalue weighted by molar-refractivity contribution is 5.18. The number of hydrogen-bond acceptors (Lipinski definition) is 2. The van der Waals surface area contributed by atoms with Crippen LogP contribution in [0, 0.1) is 5.41 Å². The molecule has 1 heterocycles. The molecule has 1 N–H and O–H groups in total. The van der Waals surface area contributed by atoms with Crippen molar-refractivity contribution in [3.8, 4) is 0 Å². The molecule has 1 fully saturated rings. The van der Waals surface area contributed by atoms with Crippen molar-refractivity contribution in [2.45, 2.75) is 45.8 Å². The molecule has 2 nitrogen and oxygen atoms in total. The van der Waals surface area contributed by atoms with Gasteiger partial charge in [0.1, 0.15) is 0 Å². The summed E-state index contributed by atoms with van der Waals surface area (Å²) in [5.41, 5.74) is 1.49. The van der Waals surface area contributed by atoms with Crippen LogP contribution >= 0.6 is 0 Å². The lowest BCUT2D eigenvalue weighted by Crippen LogP contribution is -2.44. The number of aliphatic hydroxyl groups is 1. The molecular weight excluding hydrogens is 222 g/mol. The molecule has 0 amide bonds. The maximum Gasteiger partial charge on any atom is 0.0942 e. The highest BCUT2D eigenvalue weighted by Crippen LogP contribution is 2.32. The molecule has 2 heteroatoms. The van der Waals surface area contributed by atoms with Gasteiger partial charge < -0.3 is 5.11 Å². The van der Waals surface area contributed by atoms with Gasteiger partial charge in [0.15, 0.2) is 0 Å². The van der Waals surface area contributed by atoms with Crippen LogP contribution in [0.4, 0.5) is 0 Å². The average Bonchev–Trinajstić information content (AvgIpc) is 2.38. The van der Waals surface area contributed by atoms with E-state index >= 15 is 0 Å². The molecule has 0 saturated carbocycles. The highest BCUT2D eigenvalue weighted by Gasteiger charge is 2.30. The lowest BCUT2D eigenvalue weighted by atomic mass is 9.82. The van der Waals surface area contributed by atoms with Gasteiger partial charge in [-0.1, -0.05) is 44.2 Å². The predicted octanol–water partition coefficient (Wildman–Crippen LogP) is 3.23. The standard InChI is InChI=1S/C16H25NO/c1-13(15(18)14-7-5-4-6-8-14)17-11-9-16(2,3)10-12-17/h4-8,13,15,18H,9-12H2,1-3H3. The van der Waals surface area contributed by atoms with Gasteiger partial charge in [0, 0.05) is 6.04 Å². The molecule has 0 aromatic heterocycles. The number of nitrogens with zero attached hydrogens (tertiary/aromatic N) is 1. The maximum atomic E-state index is 10.4. The van der Waals surface area contributed by atoms with Crippen molar-refractivity contribution in [1.82, 2.24) is 4.90 Å². The molecular formula is C16H25NO. The molecule has 0 spiro atoms. The minimum absolute atomic E-state index is 0.198. The van der Waals surface area contributed by atoms with Gasteiger partial charge in [-0.05, 0) is 43.8 Å². The molecule has 18 heavy (non-hydrogen) atoms. The highest BCUT2D eigenvalue weighted by atomic mass is 16.3. The summed E-state index contributed by atoms with van der Waals surface area (Å²) in [6, 6.07) is 10.2. The van der Waals surface area contributed by atoms with Crippen molar-refractivity contribution in [3.63, 3.8) is 0 Å². The number of rotatable bonds is 3. The van der Waals surface area contributed by atoms with Crippen LogP contribution < -0.4 is 0 Å². The van der Waals surface area contributed by atoms with Crippen molar-refractivity contribution < 1.29 is 5.11 Å². The first-order chi connectivity index (χ1) is 8.49. The Labute approximate surface area is 111 Å².